The van der Waals surface area contributed by atoms with E-state index < -0.39 is 5.97 Å². The van der Waals surface area contributed by atoms with E-state index in [9.17, 15) is 14.3 Å². The predicted octanol–water partition coefficient (Wildman–Crippen LogP) is 1.08. The number of hydrogen-bond donors (Lipinski definition) is 0. The van der Waals surface area contributed by atoms with E-state index in [-0.39, 0.29) is 23.3 Å². The van der Waals surface area contributed by atoms with E-state index in [1.807, 2.05) is 0 Å². The second-order valence-electron chi connectivity index (χ2n) is 3.38. The van der Waals surface area contributed by atoms with Gasteiger partial charge in [0.05, 0.1) is 11.0 Å². The number of aromatic carboxylic acids is 1. The number of carbonyl (C=O) groups excluding carboxylic acids is 1. The Morgan fingerprint density at radius 3 is 2.67 bits per heavy atom. The molecule has 0 fully saturated rings. The lowest BCUT2D eigenvalue weighted by atomic mass is 10.3. The highest BCUT2D eigenvalue weighted by Gasteiger charge is 2.07. The molecule has 0 atom stereocenters. The van der Waals surface area contributed by atoms with Crippen molar-refractivity contribution >= 4 is 17.6 Å². The molecule has 0 N–H and O–H groups in total. The lowest BCUT2D eigenvalue weighted by molar-refractivity contribution is -0.255. The minimum Gasteiger partial charge on any atom is -0.543 e. The van der Waals surface area contributed by atoms with E-state index in [1.165, 1.54) is 35.1 Å². The molecule has 0 saturated heterocycles. The molecule has 0 amide bonds. The van der Waals surface area contributed by atoms with Crippen molar-refractivity contribution < 1.29 is 19.0 Å². The van der Waals surface area contributed by atoms with Gasteiger partial charge in [-0.3, -0.25) is 0 Å². The predicted molar refractivity (Wildman–Crippen MR) is 58.6 cm³/mol. The summed E-state index contributed by atoms with van der Waals surface area (Å²) in [5.74, 6) is -1.40. The summed E-state index contributed by atoms with van der Waals surface area (Å²) in [6.45, 7) is -0.0430. The number of carboxylic acids is 1. The topological polar surface area (TPSA) is 67.2 Å². The second kappa shape index (κ2) is 5.05. The zero-order chi connectivity index (χ0) is 13.1. The van der Waals surface area contributed by atoms with Crippen molar-refractivity contribution in [3.05, 3.63) is 47.0 Å². The first kappa shape index (κ1) is 12.4. The third-order valence-electron chi connectivity index (χ3n) is 2.09. The third-order valence-corrected chi connectivity index (χ3v) is 2.36. The van der Waals surface area contributed by atoms with Crippen molar-refractivity contribution in [2.75, 3.05) is 0 Å². The highest BCUT2D eigenvalue weighted by atomic mass is 35.5. The fourth-order valence-corrected chi connectivity index (χ4v) is 1.50. The van der Waals surface area contributed by atoms with Gasteiger partial charge in [0.15, 0.2) is 6.73 Å². The van der Waals surface area contributed by atoms with Crippen LogP contribution in [-0.2, 0) is 6.73 Å². The van der Waals surface area contributed by atoms with E-state index in [4.69, 9.17) is 16.3 Å². The van der Waals surface area contributed by atoms with Gasteiger partial charge in [-0.1, -0.05) is 11.6 Å². The molecule has 0 aliphatic carbocycles. The SMILES string of the molecule is O=C([O-])c1nn(COc2ccc(F)cc2)cc1Cl. The molecule has 0 spiro atoms. The molecule has 1 heterocycles. The van der Waals surface area contributed by atoms with E-state index in [1.54, 1.807) is 0 Å². The Balaban J connectivity index is 2.04. The summed E-state index contributed by atoms with van der Waals surface area (Å²) in [5, 5.41) is 14.2. The first-order valence-corrected chi connectivity index (χ1v) is 5.27. The Kier molecular flexibility index (Phi) is 3.47. The van der Waals surface area contributed by atoms with Crippen molar-refractivity contribution in [2.45, 2.75) is 6.73 Å². The fraction of sp³-hybridized carbons (Fsp3) is 0.0909. The summed E-state index contributed by atoms with van der Waals surface area (Å²) < 4.78 is 19.1. The molecule has 94 valence electrons. The molecule has 0 radical (unpaired) electrons. The van der Waals surface area contributed by atoms with Crippen LogP contribution in [0.1, 0.15) is 10.5 Å². The van der Waals surface area contributed by atoms with E-state index in [2.05, 4.69) is 5.10 Å². The molecule has 5 nitrogen and oxygen atoms in total. The van der Waals surface area contributed by atoms with Crippen molar-refractivity contribution in [1.82, 2.24) is 9.78 Å². The molecular formula is C11H7ClFN2O3-. The number of carboxylic acid groups (broad SMARTS) is 1. The van der Waals surface area contributed by atoms with Crippen molar-refractivity contribution in [3.63, 3.8) is 0 Å². The van der Waals surface area contributed by atoms with Gasteiger partial charge in [0, 0.05) is 6.20 Å². The highest BCUT2D eigenvalue weighted by Crippen LogP contribution is 2.15. The van der Waals surface area contributed by atoms with Crippen LogP contribution in [0.3, 0.4) is 0 Å². The molecule has 2 aromatic rings. The van der Waals surface area contributed by atoms with Gasteiger partial charge in [-0.25, -0.2) is 9.07 Å². The molecule has 0 aliphatic heterocycles. The number of aromatic nitrogens is 2. The van der Waals surface area contributed by atoms with Crippen LogP contribution in [0.4, 0.5) is 4.39 Å². The zero-order valence-corrected chi connectivity index (χ0v) is 9.72. The molecule has 18 heavy (non-hydrogen) atoms. The highest BCUT2D eigenvalue weighted by molar-refractivity contribution is 6.33. The molecule has 0 unspecified atom stereocenters. The number of benzene rings is 1. The van der Waals surface area contributed by atoms with Gasteiger partial charge >= 0.3 is 0 Å². The maximum Gasteiger partial charge on any atom is 0.180 e. The van der Waals surface area contributed by atoms with E-state index in [0.29, 0.717) is 5.75 Å². The number of halogens is 2. The van der Waals surface area contributed by atoms with Gasteiger partial charge in [0.2, 0.25) is 0 Å². The number of nitrogens with zero attached hydrogens (tertiary/aromatic N) is 2. The van der Waals surface area contributed by atoms with E-state index >= 15 is 0 Å². The minimum absolute atomic E-state index is 0.0299. The van der Waals surface area contributed by atoms with Gasteiger partial charge < -0.3 is 14.6 Å². The van der Waals surface area contributed by atoms with Gasteiger partial charge in [-0.15, -0.1) is 0 Å². The molecular weight excluding hydrogens is 263 g/mol. The summed E-state index contributed by atoms with van der Waals surface area (Å²) in [6, 6.07) is 5.39. The van der Waals surface area contributed by atoms with Crippen molar-refractivity contribution in [1.29, 1.82) is 0 Å². The van der Waals surface area contributed by atoms with Crippen LogP contribution < -0.4 is 9.84 Å². The fourth-order valence-electron chi connectivity index (χ4n) is 1.27. The molecule has 0 aliphatic rings. The largest absolute Gasteiger partial charge is 0.543 e. The summed E-state index contributed by atoms with van der Waals surface area (Å²) in [6.07, 6.45) is 1.30. The van der Waals surface area contributed by atoms with Gasteiger partial charge in [-0.05, 0) is 24.3 Å². The number of rotatable bonds is 4. The van der Waals surface area contributed by atoms with Gasteiger partial charge in [0.25, 0.3) is 0 Å². The molecule has 0 bridgehead atoms. The van der Waals surface area contributed by atoms with Gasteiger partial charge in [-0.2, -0.15) is 5.10 Å². The first-order chi connectivity index (χ1) is 8.56. The summed E-state index contributed by atoms with van der Waals surface area (Å²) in [5.41, 5.74) is -0.348. The third kappa shape index (κ3) is 2.78. The summed E-state index contributed by atoms with van der Waals surface area (Å²) in [7, 11) is 0. The standard InChI is InChI=1S/C11H8ClFN2O3/c12-9-5-15(14-10(9)11(16)17)6-18-8-3-1-7(13)2-4-8/h1-5H,6H2,(H,16,17)/p-1. The Bertz CT molecular complexity index is 568. The molecule has 0 saturated carbocycles. The lowest BCUT2D eigenvalue weighted by Crippen LogP contribution is -2.23. The summed E-state index contributed by atoms with van der Waals surface area (Å²) >= 11 is 5.63. The lowest BCUT2D eigenvalue weighted by Gasteiger charge is -2.05. The summed E-state index contributed by atoms with van der Waals surface area (Å²) in [4.78, 5) is 10.6. The average Bonchev–Trinajstić information content (AvgIpc) is 2.70. The molecule has 7 heteroatoms. The van der Waals surface area contributed by atoms with Gasteiger partial charge in [0.1, 0.15) is 17.3 Å². The Hall–Kier alpha value is -2.08. The molecule has 1 aromatic carbocycles. The Morgan fingerprint density at radius 1 is 1.44 bits per heavy atom. The maximum absolute atomic E-state index is 12.6. The quantitative estimate of drug-likeness (QED) is 0.833. The zero-order valence-electron chi connectivity index (χ0n) is 8.97. The number of ether oxygens (including phenoxy) is 1. The maximum atomic E-state index is 12.6. The number of hydrogen-bond acceptors (Lipinski definition) is 4. The Morgan fingerprint density at radius 2 is 2.11 bits per heavy atom. The van der Waals surface area contributed by atoms with Crippen LogP contribution >= 0.6 is 11.6 Å². The van der Waals surface area contributed by atoms with Crippen LogP contribution in [0.25, 0.3) is 0 Å². The minimum atomic E-state index is -1.46. The van der Waals surface area contributed by atoms with Crippen LogP contribution in [0, 0.1) is 5.82 Å². The second-order valence-corrected chi connectivity index (χ2v) is 3.79. The monoisotopic (exact) mass is 269 g/mol. The smallest absolute Gasteiger partial charge is 0.180 e. The van der Waals surface area contributed by atoms with Crippen molar-refractivity contribution in [2.24, 2.45) is 0 Å². The van der Waals surface area contributed by atoms with Crippen LogP contribution in [0.15, 0.2) is 30.5 Å². The van der Waals surface area contributed by atoms with E-state index in [0.717, 1.165) is 0 Å². The van der Waals surface area contributed by atoms with Crippen LogP contribution in [0.2, 0.25) is 5.02 Å². The average molecular weight is 270 g/mol. The molecule has 1 aromatic heterocycles. The normalized spacial score (nSPS) is 10.3. The van der Waals surface area contributed by atoms with Crippen LogP contribution in [-0.4, -0.2) is 15.7 Å². The van der Waals surface area contributed by atoms with Crippen molar-refractivity contribution in [3.8, 4) is 5.75 Å². The first-order valence-electron chi connectivity index (χ1n) is 4.89. The Labute approximate surface area is 106 Å². The molecule has 2 rings (SSSR count). The van der Waals surface area contributed by atoms with Crippen LogP contribution in [0.5, 0.6) is 5.75 Å². The number of carbonyl (C=O) groups is 1.